The molecule has 1 nitrogen and oxygen atoms in total. The van der Waals surface area contributed by atoms with E-state index in [1.807, 2.05) is 11.3 Å². The second-order valence-corrected chi connectivity index (χ2v) is 7.25. The van der Waals surface area contributed by atoms with E-state index in [0.29, 0.717) is 5.41 Å². The summed E-state index contributed by atoms with van der Waals surface area (Å²) in [5, 5.41) is 2.26. The van der Waals surface area contributed by atoms with Gasteiger partial charge in [-0.2, -0.15) is 0 Å². The lowest BCUT2D eigenvalue weighted by molar-refractivity contribution is 0.184. The molecule has 0 spiro atoms. The second kappa shape index (κ2) is 5.11. The summed E-state index contributed by atoms with van der Waals surface area (Å²) >= 11 is 1.83. The standard InChI is InChI=1S/C15H25NS/c1-11(2)9-15(6-4-5-7-15)14(16)13-8-12(3)17-10-13/h8,10-11,14H,4-7,9,16H2,1-3H3. The van der Waals surface area contributed by atoms with Crippen LogP contribution in [0.5, 0.6) is 0 Å². The van der Waals surface area contributed by atoms with Crippen LogP contribution in [0.2, 0.25) is 0 Å². The Morgan fingerprint density at radius 2 is 2.00 bits per heavy atom. The molecule has 2 rings (SSSR count). The molecule has 2 heteroatoms. The Morgan fingerprint density at radius 3 is 2.47 bits per heavy atom. The molecule has 96 valence electrons. The fraction of sp³-hybridized carbons (Fsp3) is 0.733. The molecule has 1 atom stereocenters. The highest BCUT2D eigenvalue weighted by atomic mass is 32.1. The van der Waals surface area contributed by atoms with Crippen molar-refractivity contribution in [2.45, 2.75) is 58.9 Å². The first-order chi connectivity index (χ1) is 8.03. The van der Waals surface area contributed by atoms with Gasteiger partial charge >= 0.3 is 0 Å². The number of nitrogens with two attached hydrogens (primary N) is 1. The third-order valence-corrected chi connectivity index (χ3v) is 5.06. The molecule has 0 aromatic carbocycles. The average Bonchev–Trinajstić information content (AvgIpc) is 2.86. The summed E-state index contributed by atoms with van der Waals surface area (Å²) < 4.78 is 0. The average molecular weight is 251 g/mol. The van der Waals surface area contributed by atoms with Gasteiger partial charge in [-0.3, -0.25) is 0 Å². The molecule has 1 saturated carbocycles. The van der Waals surface area contributed by atoms with Crippen molar-refractivity contribution in [3.8, 4) is 0 Å². The third kappa shape index (κ3) is 2.74. The summed E-state index contributed by atoms with van der Waals surface area (Å²) in [5.74, 6) is 0.749. The molecule has 1 aromatic heterocycles. The van der Waals surface area contributed by atoms with Gasteiger partial charge in [-0.05, 0) is 54.5 Å². The molecule has 1 heterocycles. The molecule has 1 aromatic rings. The Bertz CT molecular complexity index is 361. The van der Waals surface area contributed by atoms with Crippen molar-refractivity contribution >= 4 is 11.3 Å². The van der Waals surface area contributed by atoms with Gasteiger partial charge < -0.3 is 5.73 Å². The fourth-order valence-corrected chi connectivity index (χ4v) is 4.26. The molecule has 1 fully saturated rings. The van der Waals surface area contributed by atoms with E-state index in [-0.39, 0.29) is 6.04 Å². The molecular formula is C15H25NS. The maximum atomic E-state index is 6.60. The third-order valence-electron chi connectivity index (χ3n) is 4.18. The van der Waals surface area contributed by atoms with E-state index in [0.717, 1.165) is 5.92 Å². The molecule has 0 bridgehead atoms. The van der Waals surface area contributed by atoms with Gasteiger partial charge in [-0.25, -0.2) is 0 Å². The minimum absolute atomic E-state index is 0.248. The van der Waals surface area contributed by atoms with Crippen LogP contribution in [-0.4, -0.2) is 0 Å². The van der Waals surface area contributed by atoms with E-state index >= 15 is 0 Å². The van der Waals surface area contributed by atoms with Gasteiger partial charge in [-0.15, -0.1) is 11.3 Å². The molecule has 0 amide bonds. The highest BCUT2D eigenvalue weighted by Crippen LogP contribution is 2.50. The Morgan fingerprint density at radius 1 is 1.35 bits per heavy atom. The van der Waals surface area contributed by atoms with Crippen LogP contribution in [0.4, 0.5) is 0 Å². The first kappa shape index (κ1) is 13.1. The van der Waals surface area contributed by atoms with Crippen LogP contribution < -0.4 is 5.73 Å². The summed E-state index contributed by atoms with van der Waals surface area (Å²) in [5.41, 5.74) is 8.35. The zero-order valence-electron chi connectivity index (χ0n) is 11.3. The Balaban J connectivity index is 2.21. The van der Waals surface area contributed by atoms with Crippen molar-refractivity contribution in [3.63, 3.8) is 0 Å². The van der Waals surface area contributed by atoms with Crippen LogP contribution >= 0.6 is 11.3 Å². The topological polar surface area (TPSA) is 26.0 Å². The lowest BCUT2D eigenvalue weighted by Gasteiger charge is -2.36. The second-order valence-electron chi connectivity index (χ2n) is 6.14. The van der Waals surface area contributed by atoms with Crippen LogP contribution in [0.1, 0.15) is 62.4 Å². The number of thiophene rings is 1. The maximum Gasteiger partial charge on any atom is 0.0360 e. The summed E-state index contributed by atoms with van der Waals surface area (Å²) in [6.45, 7) is 6.82. The zero-order valence-corrected chi connectivity index (χ0v) is 12.1. The van der Waals surface area contributed by atoms with E-state index < -0.39 is 0 Å². The molecule has 2 N–H and O–H groups in total. The van der Waals surface area contributed by atoms with E-state index in [9.17, 15) is 0 Å². The number of hydrogen-bond donors (Lipinski definition) is 1. The van der Waals surface area contributed by atoms with E-state index in [4.69, 9.17) is 5.73 Å². The quantitative estimate of drug-likeness (QED) is 0.827. The highest BCUT2D eigenvalue weighted by Gasteiger charge is 2.40. The van der Waals surface area contributed by atoms with Gasteiger partial charge in [0.05, 0.1) is 0 Å². The zero-order chi connectivity index (χ0) is 12.5. The van der Waals surface area contributed by atoms with Crippen molar-refractivity contribution in [2.75, 3.05) is 0 Å². The van der Waals surface area contributed by atoms with Crippen LogP contribution in [0.25, 0.3) is 0 Å². The van der Waals surface area contributed by atoms with E-state index in [2.05, 4.69) is 32.2 Å². The molecule has 17 heavy (non-hydrogen) atoms. The van der Waals surface area contributed by atoms with Crippen molar-refractivity contribution in [1.29, 1.82) is 0 Å². The van der Waals surface area contributed by atoms with Gasteiger partial charge in [0, 0.05) is 10.9 Å². The lowest BCUT2D eigenvalue weighted by Crippen LogP contribution is -2.33. The van der Waals surface area contributed by atoms with Gasteiger partial charge in [0.2, 0.25) is 0 Å². The highest BCUT2D eigenvalue weighted by molar-refractivity contribution is 7.10. The molecule has 1 aliphatic carbocycles. The van der Waals surface area contributed by atoms with Gasteiger partial charge in [0.1, 0.15) is 0 Å². The minimum Gasteiger partial charge on any atom is -0.323 e. The molecule has 0 saturated heterocycles. The summed E-state index contributed by atoms with van der Waals surface area (Å²) in [6, 6.07) is 2.53. The van der Waals surface area contributed by atoms with Crippen molar-refractivity contribution < 1.29 is 0 Å². The Hall–Kier alpha value is -0.340. The predicted molar refractivity (Wildman–Crippen MR) is 76.3 cm³/mol. The summed E-state index contributed by atoms with van der Waals surface area (Å²) in [4.78, 5) is 1.38. The maximum absolute atomic E-state index is 6.60. The van der Waals surface area contributed by atoms with Crippen molar-refractivity contribution in [2.24, 2.45) is 17.1 Å². The summed E-state index contributed by atoms with van der Waals surface area (Å²) in [6.07, 6.45) is 6.65. The van der Waals surface area contributed by atoms with Crippen LogP contribution in [0.15, 0.2) is 11.4 Å². The van der Waals surface area contributed by atoms with Crippen molar-refractivity contribution in [1.82, 2.24) is 0 Å². The Kier molecular flexibility index (Phi) is 3.94. The fourth-order valence-electron chi connectivity index (χ4n) is 3.51. The number of aryl methyl sites for hydroxylation is 1. The summed E-state index contributed by atoms with van der Waals surface area (Å²) in [7, 11) is 0. The number of hydrogen-bond acceptors (Lipinski definition) is 2. The molecule has 0 aliphatic heterocycles. The van der Waals surface area contributed by atoms with E-state index in [1.165, 1.54) is 42.5 Å². The SMILES string of the molecule is Cc1cc(C(N)C2(CC(C)C)CCCC2)cs1. The largest absolute Gasteiger partial charge is 0.323 e. The molecule has 1 unspecified atom stereocenters. The van der Waals surface area contributed by atoms with Crippen molar-refractivity contribution in [3.05, 3.63) is 21.9 Å². The van der Waals surface area contributed by atoms with Gasteiger partial charge in [0.15, 0.2) is 0 Å². The molecule has 0 radical (unpaired) electrons. The number of rotatable bonds is 4. The van der Waals surface area contributed by atoms with Gasteiger partial charge in [-0.1, -0.05) is 26.7 Å². The Labute approximate surface area is 109 Å². The first-order valence-electron chi connectivity index (χ1n) is 6.84. The monoisotopic (exact) mass is 251 g/mol. The van der Waals surface area contributed by atoms with E-state index in [1.54, 1.807) is 0 Å². The first-order valence-corrected chi connectivity index (χ1v) is 7.72. The molecule has 1 aliphatic rings. The van der Waals surface area contributed by atoms with Gasteiger partial charge in [0.25, 0.3) is 0 Å². The predicted octanol–water partition coefficient (Wildman–Crippen LogP) is 4.66. The smallest absolute Gasteiger partial charge is 0.0360 e. The lowest BCUT2D eigenvalue weighted by atomic mass is 9.71. The minimum atomic E-state index is 0.248. The van der Waals surface area contributed by atoms with Crippen LogP contribution in [0, 0.1) is 18.3 Å². The van der Waals surface area contributed by atoms with Crippen LogP contribution in [-0.2, 0) is 0 Å². The molecular weight excluding hydrogens is 226 g/mol. The van der Waals surface area contributed by atoms with Crippen LogP contribution in [0.3, 0.4) is 0 Å². The normalized spacial score (nSPS) is 21.0.